The normalized spacial score (nSPS) is 18.7. The molecule has 98 valence electrons. The van der Waals surface area contributed by atoms with Crippen molar-refractivity contribution in [3.05, 3.63) is 28.6 Å². The van der Waals surface area contributed by atoms with Gasteiger partial charge in [0.05, 0.1) is 6.04 Å². The van der Waals surface area contributed by atoms with Gasteiger partial charge in [-0.3, -0.25) is 14.3 Å². The summed E-state index contributed by atoms with van der Waals surface area (Å²) in [6.07, 6.45) is -0.410. The molecule has 1 unspecified atom stereocenters. The molecule has 1 aliphatic heterocycles. The molecule has 0 spiro atoms. The molecule has 1 atom stereocenters. The fraction of sp³-hybridized carbons (Fsp3) is 0.538. The predicted molar refractivity (Wildman–Crippen MR) is 68.9 cm³/mol. The molecule has 5 heteroatoms. The lowest BCUT2D eigenvalue weighted by Gasteiger charge is -2.26. The molecule has 0 aliphatic carbocycles. The van der Waals surface area contributed by atoms with E-state index in [-0.39, 0.29) is 11.6 Å². The van der Waals surface area contributed by atoms with Gasteiger partial charge in [-0.05, 0) is 33.8 Å². The summed E-state index contributed by atoms with van der Waals surface area (Å²) in [6.45, 7) is 7.88. The average Bonchev–Trinajstić information content (AvgIpc) is 2.53. The van der Waals surface area contributed by atoms with E-state index in [1.54, 1.807) is 16.7 Å². The number of hydrogen-bond donors (Lipinski definition) is 0. The topological polar surface area (TPSA) is 51.5 Å². The second-order valence-electron chi connectivity index (χ2n) is 5.53. The number of nitrogens with zero attached hydrogens (tertiary/aromatic N) is 2. The van der Waals surface area contributed by atoms with Crippen molar-refractivity contribution in [3.63, 3.8) is 0 Å². The largest absolute Gasteiger partial charge is 0.443 e. The molecule has 0 saturated carbocycles. The predicted octanol–water partition coefficient (Wildman–Crippen LogP) is 1.99. The number of fused-ring (bicyclic) bond motifs is 1. The summed E-state index contributed by atoms with van der Waals surface area (Å²) in [4.78, 5) is 25.4. The van der Waals surface area contributed by atoms with Crippen LogP contribution in [-0.2, 0) is 11.3 Å². The Bertz CT molecular complexity index is 528. The van der Waals surface area contributed by atoms with Gasteiger partial charge in [0.15, 0.2) is 0 Å². The maximum Gasteiger partial charge on any atom is 0.416 e. The van der Waals surface area contributed by atoms with E-state index in [0.717, 1.165) is 0 Å². The molecule has 1 aromatic rings. The summed E-state index contributed by atoms with van der Waals surface area (Å²) < 4.78 is 6.95. The number of carbonyl (C=O) groups excluding carboxylic acids is 1. The van der Waals surface area contributed by atoms with Crippen molar-refractivity contribution in [2.45, 2.75) is 45.9 Å². The number of aromatic nitrogens is 1. The summed E-state index contributed by atoms with van der Waals surface area (Å²) in [5, 5.41) is 0. The van der Waals surface area contributed by atoms with Crippen LogP contribution in [0.1, 0.15) is 27.7 Å². The van der Waals surface area contributed by atoms with Gasteiger partial charge in [0.2, 0.25) is 0 Å². The van der Waals surface area contributed by atoms with Crippen molar-refractivity contribution in [2.24, 2.45) is 0 Å². The zero-order chi connectivity index (χ0) is 13.5. The lowest BCUT2D eigenvalue weighted by atomic mass is 10.2. The Balaban J connectivity index is 2.34. The summed E-state index contributed by atoms with van der Waals surface area (Å²) in [6, 6.07) is 4.84. The highest BCUT2D eigenvalue weighted by Gasteiger charge is 2.34. The molecule has 1 amide bonds. The Labute approximate surface area is 106 Å². The Hall–Kier alpha value is -1.78. The second-order valence-corrected chi connectivity index (χ2v) is 5.53. The van der Waals surface area contributed by atoms with Crippen LogP contribution < -0.4 is 10.5 Å². The summed E-state index contributed by atoms with van der Waals surface area (Å²) >= 11 is 0. The molecule has 1 aromatic heterocycles. The minimum absolute atomic E-state index is 0.0741. The third-order valence-corrected chi connectivity index (χ3v) is 2.75. The fourth-order valence-corrected chi connectivity index (χ4v) is 2.06. The van der Waals surface area contributed by atoms with Crippen LogP contribution in [0.3, 0.4) is 0 Å². The first-order chi connectivity index (χ1) is 8.29. The number of pyridine rings is 1. The second kappa shape index (κ2) is 4.15. The lowest BCUT2D eigenvalue weighted by molar-refractivity contribution is 0.0572. The van der Waals surface area contributed by atoms with Crippen LogP contribution in [-0.4, -0.2) is 22.3 Å². The summed E-state index contributed by atoms with van der Waals surface area (Å²) in [5.74, 6) is 0.601. The zero-order valence-electron chi connectivity index (χ0n) is 11.1. The molecule has 0 saturated heterocycles. The van der Waals surface area contributed by atoms with E-state index in [1.165, 1.54) is 11.0 Å². The minimum atomic E-state index is -0.542. The van der Waals surface area contributed by atoms with E-state index in [1.807, 2.05) is 27.7 Å². The number of hydrogen-bond acceptors (Lipinski definition) is 3. The van der Waals surface area contributed by atoms with Crippen LogP contribution in [0.15, 0.2) is 23.0 Å². The molecule has 2 rings (SSSR count). The third kappa shape index (κ3) is 2.25. The zero-order valence-corrected chi connectivity index (χ0v) is 11.1. The van der Waals surface area contributed by atoms with Gasteiger partial charge in [-0.2, -0.15) is 0 Å². The Morgan fingerprint density at radius 2 is 2.06 bits per heavy atom. The average molecular weight is 250 g/mol. The standard InChI is InChI=1S/C13H18N2O3/c1-9-8-14-10(6-5-7-11(14)16)15(9)12(17)18-13(2,3)4/h5-7,9H,8H2,1-4H3. The summed E-state index contributed by atoms with van der Waals surface area (Å²) in [5.41, 5.74) is -0.635. The van der Waals surface area contributed by atoms with E-state index in [0.29, 0.717) is 12.4 Å². The molecule has 18 heavy (non-hydrogen) atoms. The smallest absolute Gasteiger partial charge is 0.416 e. The fourth-order valence-electron chi connectivity index (χ4n) is 2.06. The Morgan fingerprint density at radius 3 is 2.67 bits per heavy atom. The van der Waals surface area contributed by atoms with Crippen LogP contribution in [0.5, 0.6) is 0 Å². The third-order valence-electron chi connectivity index (χ3n) is 2.75. The van der Waals surface area contributed by atoms with Gasteiger partial charge in [-0.15, -0.1) is 0 Å². The van der Waals surface area contributed by atoms with Crippen molar-refractivity contribution in [3.8, 4) is 0 Å². The molecule has 5 nitrogen and oxygen atoms in total. The highest BCUT2D eigenvalue weighted by atomic mass is 16.6. The highest BCUT2D eigenvalue weighted by molar-refractivity contribution is 5.88. The Kier molecular flexibility index (Phi) is 2.92. The van der Waals surface area contributed by atoms with Crippen molar-refractivity contribution in [1.82, 2.24) is 4.57 Å². The first-order valence-electron chi connectivity index (χ1n) is 6.01. The van der Waals surface area contributed by atoms with Crippen molar-refractivity contribution >= 4 is 11.9 Å². The molecule has 0 aromatic carbocycles. The van der Waals surface area contributed by atoms with Crippen molar-refractivity contribution in [1.29, 1.82) is 0 Å². The monoisotopic (exact) mass is 250 g/mol. The highest BCUT2D eigenvalue weighted by Crippen LogP contribution is 2.25. The van der Waals surface area contributed by atoms with Crippen LogP contribution in [0.25, 0.3) is 0 Å². The number of rotatable bonds is 0. The van der Waals surface area contributed by atoms with Gasteiger partial charge < -0.3 is 4.74 Å². The van der Waals surface area contributed by atoms with Crippen LogP contribution in [0, 0.1) is 0 Å². The lowest BCUT2D eigenvalue weighted by Crippen LogP contribution is -2.40. The molecule has 2 heterocycles. The molecule has 0 bridgehead atoms. The first kappa shape index (κ1) is 12.7. The molecular weight excluding hydrogens is 232 g/mol. The van der Waals surface area contributed by atoms with Crippen LogP contribution in [0.2, 0.25) is 0 Å². The van der Waals surface area contributed by atoms with Crippen molar-refractivity contribution < 1.29 is 9.53 Å². The van der Waals surface area contributed by atoms with Crippen LogP contribution in [0.4, 0.5) is 10.6 Å². The van der Waals surface area contributed by atoms with Gasteiger partial charge in [-0.1, -0.05) is 6.07 Å². The number of carbonyl (C=O) groups is 1. The van der Waals surface area contributed by atoms with E-state index >= 15 is 0 Å². The molecular formula is C13H18N2O3. The quantitative estimate of drug-likeness (QED) is 0.707. The summed E-state index contributed by atoms with van der Waals surface area (Å²) in [7, 11) is 0. The number of anilines is 1. The van der Waals surface area contributed by atoms with E-state index in [4.69, 9.17) is 4.74 Å². The van der Waals surface area contributed by atoms with Gasteiger partial charge in [0.1, 0.15) is 11.4 Å². The molecule has 1 aliphatic rings. The maximum absolute atomic E-state index is 12.1. The number of amides is 1. The van der Waals surface area contributed by atoms with Gasteiger partial charge >= 0.3 is 6.09 Å². The van der Waals surface area contributed by atoms with Crippen molar-refractivity contribution in [2.75, 3.05) is 4.90 Å². The molecule has 0 radical (unpaired) electrons. The first-order valence-corrected chi connectivity index (χ1v) is 6.01. The minimum Gasteiger partial charge on any atom is -0.443 e. The van der Waals surface area contributed by atoms with Gasteiger partial charge in [0.25, 0.3) is 5.56 Å². The molecule has 0 fully saturated rings. The molecule has 0 N–H and O–H groups in total. The number of ether oxygens (including phenoxy) is 1. The van der Waals surface area contributed by atoms with E-state index < -0.39 is 11.7 Å². The van der Waals surface area contributed by atoms with E-state index in [9.17, 15) is 9.59 Å². The van der Waals surface area contributed by atoms with Gasteiger partial charge in [0, 0.05) is 12.6 Å². The van der Waals surface area contributed by atoms with Gasteiger partial charge in [-0.25, -0.2) is 4.79 Å². The Morgan fingerprint density at radius 1 is 1.39 bits per heavy atom. The van der Waals surface area contributed by atoms with Crippen LogP contribution >= 0.6 is 0 Å². The van der Waals surface area contributed by atoms with E-state index in [2.05, 4.69) is 0 Å². The maximum atomic E-state index is 12.1. The SMILES string of the molecule is CC1Cn2c(cccc2=O)N1C(=O)OC(C)(C)C.